The van der Waals surface area contributed by atoms with Crippen LogP contribution in [0.15, 0.2) is 35.5 Å². The quantitative estimate of drug-likeness (QED) is 0.629. The number of hydrogen-bond acceptors (Lipinski definition) is 4. The third-order valence-electron chi connectivity index (χ3n) is 3.85. The highest BCUT2D eigenvalue weighted by Gasteiger charge is 2.30. The van der Waals surface area contributed by atoms with Crippen LogP contribution in [0.25, 0.3) is 11.8 Å². The molecule has 1 amide bonds. The molecule has 0 unspecified atom stereocenters. The molecule has 2 aromatic heterocycles. The van der Waals surface area contributed by atoms with Crippen molar-refractivity contribution in [1.82, 2.24) is 14.5 Å². The second kappa shape index (κ2) is 6.29. The van der Waals surface area contributed by atoms with Gasteiger partial charge in [0.2, 0.25) is 0 Å². The fourth-order valence-electron chi connectivity index (χ4n) is 2.73. The van der Waals surface area contributed by atoms with Crippen LogP contribution in [0.2, 0.25) is 0 Å². The Morgan fingerprint density at radius 1 is 1.39 bits per heavy atom. The zero-order valence-corrected chi connectivity index (χ0v) is 14.9. The maximum Gasteiger partial charge on any atom is 0.266 e. The minimum atomic E-state index is -0.00585. The first-order valence-electron chi connectivity index (χ1n) is 7.37. The lowest BCUT2D eigenvalue weighted by atomic mass is 10.2. The lowest BCUT2D eigenvalue weighted by Gasteiger charge is -2.09. The van der Waals surface area contributed by atoms with Gasteiger partial charge in [0.25, 0.3) is 5.91 Å². The van der Waals surface area contributed by atoms with Gasteiger partial charge in [-0.05, 0) is 50.6 Å². The van der Waals surface area contributed by atoms with Crippen molar-refractivity contribution in [3.8, 4) is 5.69 Å². The summed E-state index contributed by atoms with van der Waals surface area (Å²) in [5, 5.41) is 0. The summed E-state index contributed by atoms with van der Waals surface area (Å²) in [6, 6.07) is 6.02. The van der Waals surface area contributed by atoms with E-state index in [1.807, 2.05) is 38.3 Å². The summed E-state index contributed by atoms with van der Waals surface area (Å²) in [6.45, 7) is 6.64. The summed E-state index contributed by atoms with van der Waals surface area (Å²) in [6.07, 6.45) is 5.53. The van der Waals surface area contributed by atoms with E-state index in [0.29, 0.717) is 15.8 Å². The minimum absolute atomic E-state index is 0.00585. The average Bonchev–Trinajstić information content (AvgIpc) is 2.96. The Hall–Kier alpha value is -1.92. The van der Waals surface area contributed by atoms with E-state index in [9.17, 15) is 4.79 Å². The van der Waals surface area contributed by atoms with Crippen LogP contribution in [0.4, 0.5) is 0 Å². The Morgan fingerprint density at radius 3 is 2.78 bits per heavy atom. The number of amides is 1. The molecule has 3 heterocycles. The van der Waals surface area contributed by atoms with Crippen molar-refractivity contribution in [3.63, 3.8) is 0 Å². The normalized spacial score (nSPS) is 16.7. The summed E-state index contributed by atoms with van der Waals surface area (Å²) in [5.41, 5.74) is 4.23. The summed E-state index contributed by atoms with van der Waals surface area (Å²) < 4.78 is 2.77. The van der Waals surface area contributed by atoms with Gasteiger partial charge in [0, 0.05) is 24.1 Å². The molecule has 2 aromatic rings. The number of thioether (sulfide) groups is 1. The van der Waals surface area contributed by atoms with E-state index >= 15 is 0 Å². The van der Waals surface area contributed by atoms with E-state index in [1.165, 1.54) is 11.8 Å². The SMILES string of the molecule is CCN1C(=O)/C(=C/c2cc(C)n(-c3cccnc3)c2C)SC1=S. The van der Waals surface area contributed by atoms with Crippen LogP contribution < -0.4 is 0 Å². The Labute approximate surface area is 145 Å². The monoisotopic (exact) mass is 343 g/mol. The Morgan fingerprint density at radius 2 is 2.17 bits per heavy atom. The lowest BCUT2D eigenvalue weighted by Crippen LogP contribution is -2.27. The Balaban J connectivity index is 2.02. The molecule has 0 radical (unpaired) electrons. The number of aryl methyl sites for hydroxylation is 1. The van der Waals surface area contributed by atoms with Crippen molar-refractivity contribution in [2.45, 2.75) is 20.8 Å². The van der Waals surface area contributed by atoms with E-state index in [1.54, 1.807) is 11.1 Å². The Kier molecular flexibility index (Phi) is 4.37. The molecule has 1 aliphatic rings. The number of likely N-dealkylation sites (N-methyl/N-ethyl adjacent to an activating group) is 1. The lowest BCUT2D eigenvalue weighted by molar-refractivity contribution is -0.121. The van der Waals surface area contributed by atoms with Gasteiger partial charge in [-0.1, -0.05) is 24.0 Å². The average molecular weight is 343 g/mol. The maximum absolute atomic E-state index is 12.4. The molecule has 1 saturated heterocycles. The molecular weight excluding hydrogens is 326 g/mol. The van der Waals surface area contributed by atoms with Crippen LogP contribution in [-0.4, -0.2) is 31.2 Å². The van der Waals surface area contributed by atoms with E-state index in [-0.39, 0.29) is 5.91 Å². The van der Waals surface area contributed by atoms with Gasteiger partial charge in [-0.2, -0.15) is 0 Å². The molecule has 1 aliphatic heterocycles. The third kappa shape index (κ3) is 2.84. The summed E-state index contributed by atoms with van der Waals surface area (Å²) in [4.78, 5) is 18.9. The number of carbonyl (C=O) groups excluding carboxylic acids is 1. The van der Waals surface area contributed by atoms with Crippen molar-refractivity contribution in [1.29, 1.82) is 0 Å². The summed E-state index contributed by atoms with van der Waals surface area (Å²) in [5.74, 6) is -0.00585. The largest absolute Gasteiger partial charge is 0.316 e. The van der Waals surface area contributed by atoms with Gasteiger partial charge >= 0.3 is 0 Å². The van der Waals surface area contributed by atoms with Gasteiger partial charge in [0.1, 0.15) is 4.32 Å². The van der Waals surface area contributed by atoms with Gasteiger partial charge in [-0.15, -0.1) is 0 Å². The predicted molar refractivity (Wildman–Crippen MR) is 98.6 cm³/mol. The molecule has 0 saturated carbocycles. The molecular formula is C17H17N3OS2. The zero-order chi connectivity index (χ0) is 16.6. The van der Waals surface area contributed by atoms with Crippen LogP contribution in [0.1, 0.15) is 23.9 Å². The van der Waals surface area contributed by atoms with Gasteiger partial charge in [-0.3, -0.25) is 14.7 Å². The van der Waals surface area contributed by atoms with Crippen molar-refractivity contribution in [2.24, 2.45) is 0 Å². The molecule has 6 heteroatoms. The molecule has 4 nitrogen and oxygen atoms in total. The molecule has 0 atom stereocenters. The van der Waals surface area contributed by atoms with Crippen molar-refractivity contribution < 1.29 is 4.79 Å². The van der Waals surface area contributed by atoms with Gasteiger partial charge < -0.3 is 4.57 Å². The first-order valence-corrected chi connectivity index (χ1v) is 8.60. The highest BCUT2D eigenvalue weighted by molar-refractivity contribution is 8.26. The van der Waals surface area contributed by atoms with E-state index in [2.05, 4.69) is 22.5 Å². The maximum atomic E-state index is 12.4. The van der Waals surface area contributed by atoms with Crippen LogP contribution in [0.3, 0.4) is 0 Å². The Bertz CT molecular complexity index is 809. The van der Waals surface area contributed by atoms with Gasteiger partial charge in [0.05, 0.1) is 16.8 Å². The van der Waals surface area contributed by atoms with E-state index < -0.39 is 0 Å². The minimum Gasteiger partial charge on any atom is -0.316 e. The molecule has 0 spiro atoms. The van der Waals surface area contributed by atoms with Gasteiger partial charge in [0.15, 0.2) is 0 Å². The molecule has 0 bridgehead atoms. The molecule has 23 heavy (non-hydrogen) atoms. The molecule has 0 N–H and O–H groups in total. The number of aromatic nitrogens is 2. The molecule has 3 rings (SSSR count). The summed E-state index contributed by atoms with van der Waals surface area (Å²) in [7, 11) is 0. The predicted octanol–water partition coefficient (Wildman–Crippen LogP) is 3.71. The zero-order valence-electron chi connectivity index (χ0n) is 13.2. The molecule has 1 fully saturated rings. The second-order valence-corrected chi connectivity index (χ2v) is 6.97. The number of carbonyl (C=O) groups is 1. The smallest absolute Gasteiger partial charge is 0.266 e. The van der Waals surface area contributed by atoms with Crippen molar-refractivity contribution in [2.75, 3.05) is 6.54 Å². The highest BCUT2D eigenvalue weighted by atomic mass is 32.2. The van der Waals surface area contributed by atoms with E-state index in [0.717, 1.165) is 22.6 Å². The topological polar surface area (TPSA) is 38.1 Å². The standard InChI is InChI=1S/C17H17N3OS2/c1-4-19-16(21)15(23-17(19)22)9-13-8-11(2)20(12(13)3)14-6-5-7-18-10-14/h5-10H,4H2,1-3H3/b15-9-. The molecule has 118 valence electrons. The van der Waals surface area contributed by atoms with Crippen LogP contribution in [-0.2, 0) is 4.79 Å². The van der Waals surface area contributed by atoms with Crippen molar-refractivity contribution in [3.05, 3.63) is 52.4 Å². The van der Waals surface area contributed by atoms with Crippen molar-refractivity contribution >= 4 is 40.3 Å². The fourth-order valence-corrected chi connectivity index (χ4v) is 4.11. The molecule has 0 aromatic carbocycles. The van der Waals surface area contributed by atoms with E-state index in [4.69, 9.17) is 12.2 Å². The fraction of sp³-hybridized carbons (Fsp3) is 0.235. The number of thiocarbonyl (C=S) groups is 1. The van der Waals surface area contributed by atoms with Crippen LogP contribution in [0.5, 0.6) is 0 Å². The summed E-state index contributed by atoms with van der Waals surface area (Å²) >= 11 is 6.63. The number of nitrogens with zero attached hydrogens (tertiary/aromatic N) is 3. The first-order chi connectivity index (χ1) is 11.0. The number of pyridine rings is 1. The highest BCUT2D eigenvalue weighted by Crippen LogP contribution is 2.33. The third-order valence-corrected chi connectivity index (χ3v) is 5.23. The van der Waals surface area contributed by atoms with Gasteiger partial charge in [-0.25, -0.2) is 0 Å². The number of rotatable bonds is 3. The van der Waals surface area contributed by atoms with Crippen LogP contribution in [0, 0.1) is 13.8 Å². The number of hydrogen-bond donors (Lipinski definition) is 0. The molecule has 0 aliphatic carbocycles. The second-order valence-electron chi connectivity index (χ2n) is 5.30. The first kappa shape index (κ1) is 16.0. The van der Waals surface area contributed by atoms with Crippen LogP contribution >= 0.6 is 24.0 Å².